The molecule has 0 fully saturated rings. The number of hydrogen-bond acceptors (Lipinski definition) is 3. The van der Waals surface area contributed by atoms with Crippen molar-refractivity contribution < 1.29 is 27.0 Å². The molecule has 0 aliphatic carbocycles. The summed E-state index contributed by atoms with van der Waals surface area (Å²) in [4.78, 5) is 0.974. The molecule has 0 N–H and O–H groups in total. The number of benzene rings is 3. The maximum absolute atomic E-state index is 9.69. The summed E-state index contributed by atoms with van der Waals surface area (Å²) >= 11 is 4.81. The predicted octanol–water partition coefficient (Wildman–Crippen LogP) is 12.3. The minimum atomic E-state index is -5.50. The molecule has 0 radical (unpaired) electrons. The van der Waals surface area contributed by atoms with Crippen molar-refractivity contribution in [3.63, 3.8) is 0 Å². The van der Waals surface area contributed by atoms with Crippen LogP contribution >= 0.6 is 12.6 Å². The largest absolute Gasteiger partial charge is 0.559 e. The highest BCUT2D eigenvalue weighted by Gasteiger charge is 2.24. The molecule has 232 valence electrons. The molecule has 0 spiro atoms. The lowest BCUT2D eigenvalue weighted by Crippen LogP contribution is -1.97. The number of alkyl halides is 4. The molecule has 0 unspecified atom stereocenters. The SMILES string of the molecule is CCCCCCCCOc1ccc(-c2cccc(S)c2-c2ccc(OCCCCCCCC)cc2)cc1.FC(F)(F)F. The molecule has 0 aliphatic heterocycles. The average Bonchev–Trinajstić information content (AvgIpc) is 2.96. The first-order valence-corrected chi connectivity index (χ1v) is 15.7. The van der Waals surface area contributed by atoms with E-state index in [4.69, 9.17) is 22.1 Å². The second-order valence-electron chi connectivity index (χ2n) is 10.4. The molecule has 3 rings (SSSR count). The Balaban J connectivity index is 0.00000113. The number of halogens is 4. The van der Waals surface area contributed by atoms with E-state index in [1.165, 1.54) is 75.3 Å². The Labute approximate surface area is 255 Å². The van der Waals surface area contributed by atoms with Crippen LogP contribution in [0.2, 0.25) is 0 Å². The highest BCUT2D eigenvalue weighted by Crippen LogP contribution is 2.38. The van der Waals surface area contributed by atoms with Gasteiger partial charge in [0.15, 0.2) is 0 Å². The average molecular weight is 607 g/mol. The van der Waals surface area contributed by atoms with Gasteiger partial charge in [-0.1, -0.05) is 114 Å². The van der Waals surface area contributed by atoms with E-state index in [0.717, 1.165) is 53.6 Å². The van der Waals surface area contributed by atoms with E-state index in [-0.39, 0.29) is 0 Å². The summed E-state index contributed by atoms with van der Waals surface area (Å²) in [5, 5.41) is 0. The van der Waals surface area contributed by atoms with Crippen LogP contribution in [0.25, 0.3) is 22.3 Å². The van der Waals surface area contributed by atoms with E-state index in [1.54, 1.807) is 0 Å². The maximum atomic E-state index is 9.69. The second-order valence-corrected chi connectivity index (χ2v) is 10.9. The Kier molecular flexibility index (Phi) is 17.1. The Bertz CT molecular complexity index is 1110. The smallest absolute Gasteiger partial charge is 0.494 e. The molecule has 0 saturated carbocycles. The molecule has 0 saturated heterocycles. The quantitative estimate of drug-likeness (QED) is 0.0882. The zero-order chi connectivity index (χ0) is 30.6. The first kappa shape index (κ1) is 35.5. The van der Waals surface area contributed by atoms with Gasteiger partial charge in [0.25, 0.3) is 0 Å². The molecule has 3 aromatic rings. The van der Waals surface area contributed by atoms with Crippen molar-refractivity contribution in [2.24, 2.45) is 0 Å². The highest BCUT2D eigenvalue weighted by atomic mass is 32.1. The molecule has 0 heterocycles. The molecule has 42 heavy (non-hydrogen) atoms. The van der Waals surface area contributed by atoms with Gasteiger partial charge in [-0.2, -0.15) is 0 Å². The van der Waals surface area contributed by atoms with Crippen molar-refractivity contribution in [2.45, 2.75) is 102 Å². The van der Waals surface area contributed by atoms with Gasteiger partial charge in [0.2, 0.25) is 0 Å². The van der Waals surface area contributed by atoms with Gasteiger partial charge in [0, 0.05) is 10.5 Å². The Morgan fingerprint density at radius 1 is 0.548 bits per heavy atom. The van der Waals surface area contributed by atoms with Crippen LogP contribution in [0.4, 0.5) is 17.6 Å². The van der Waals surface area contributed by atoms with Gasteiger partial charge in [-0.25, -0.2) is 0 Å². The van der Waals surface area contributed by atoms with Crippen molar-refractivity contribution in [3.05, 3.63) is 66.7 Å². The molecule has 7 heteroatoms. The molecule has 0 aliphatic rings. The molecule has 0 aromatic heterocycles. The van der Waals surface area contributed by atoms with E-state index in [2.05, 4.69) is 80.6 Å². The zero-order valence-electron chi connectivity index (χ0n) is 25.0. The third-order valence-corrected chi connectivity index (χ3v) is 7.26. The normalized spacial score (nSPS) is 11.1. The number of thiol groups is 1. The van der Waals surface area contributed by atoms with Crippen LogP contribution < -0.4 is 9.47 Å². The first-order chi connectivity index (χ1) is 20.2. The number of unbranched alkanes of at least 4 members (excludes halogenated alkanes) is 10. The predicted molar refractivity (Wildman–Crippen MR) is 169 cm³/mol. The fourth-order valence-corrected chi connectivity index (χ4v) is 5.01. The Morgan fingerprint density at radius 2 is 0.952 bits per heavy atom. The first-order valence-electron chi connectivity index (χ1n) is 15.3. The van der Waals surface area contributed by atoms with E-state index in [1.807, 2.05) is 0 Å². The van der Waals surface area contributed by atoms with Crippen LogP contribution in [0.3, 0.4) is 0 Å². The zero-order valence-corrected chi connectivity index (χ0v) is 25.9. The van der Waals surface area contributed by atoms with Crippen LogP contribution in [0, 0.1) is 0 Å². The molecule has 0 bridgehead atoms. The molecule has 0 atom stereocenters. The van der Waals surface area contributed by atoms with E-state index >= 15 is 0 Å². The monoisotopic (exact) mass is 606 g/mol. The topological polar surface area (TPSA) is 18.5 Å². The van der Waals surface area contributed by atoms with Gasteiger partial charge in [0.05, 0.1) is 13.2 Å². The standard InChI is InChI=1S/C34H46O2S.CF4/c1-3-5-7-9-11-13-26-35-30-22-18-28(19-23-30)32-16-15-17-33(37)34(32)29-20-24-31(25-21-29)36-27-14-12-10-8-6-4-2;2-1(3,4)5/h15-25,37H,3-14,26-27H2,1-2H3;. The third-order valence-electron chi connectivity index (χ3n) is 6.88. The molecule has 0 amide bonds. The van der Waals surface area contributed by atoms with Gasteiger partial charge in [-0.3, -0.25) is 0 Å². The summed E-state index contributed by atoms with van der Waals surface area (Å²) in [7, 11) is 0. The number of hydrogen-bond donors (Lipinski definition) is 1. The van der Waals surface area contributed by atoms with Crippen molar-refractivity contribution in [3.8, 4) is 33.8 Å². The van der Waals surface area contributed by atoms with Gasteiger partial charge in [-0.05, 0) is 59.9 Å². The minimum absolute atomic E-state index is 0.785. The van der Waals surface area contributed by atoms with Crippen molar-refractivity contribution in [1.82, 2.24) is 0 Å². The van der Waals surface area contributed by atoms with Crippen LogP contribution in [-0.4, -0.2) is 19.6 Å². The summed E-state index contributed by atoms with van der Waals surface area (Å²) in [6.07, 6.45) is 9.80. The number of rotatable bonds is 18. The van der Waals surface area contributed by atoms with Crippen LogP contribution in [-0.2, 0) is 0 Å². The van der Waals surface area contributed by atoms with Crippen LogP contribution in [0.15, 0.2) is 71.6 Å². The summed E-state index contributed by atoms with van der Waals surface area (Å²) in [5.74, 6) is 1.87. The van der Waals surface area contributed by atoms with Crippen molar-refractivity contribution >= 4 is 12.6 Å². The van der Waals surface area contributed by atoms with Crippen molar-refractivity contribution in [2.75, 3.05) is 13.2 Å². The Morgan fingerprint density at radius 3 is 1.40 bits per heavy atom. The van der Waals surface area contributed by atoms with E-state index in [9.17, 15) is 17.6 Å². The van der Waals surface area contributed by atoms with E-state index < -0.39 is 6.43 Å². The minimum Gasteiger partial charge on any atom is -0.494 e. The Hall–Kier alpha value is -2.67. The highest BCUT2D eigenvalue weighted by molar-refractivity contribution is 7.80. The van der Waals surface area contributed by atoms with Gasteiger partial charge < -0.3 is 9.47 Å². The third kappa shape index (κ3) is 15.0. The van der Waals surface area contributed by atoms with Crippen molar-refractivity contribution in [1.29, 1.82) is 0 Å². The lowest BCUT2D eigenvalue weighted by Gasteiger charge is -2.14. The van der Waals surface area contributed by atoms with Crippen LogP contribution in [0.1, 0.15) is 90.9 Å². The van der Waals surface area contributed by atoms with Crippen LogP contribution in [0.5, 0.6) is 11.5 Å². The van der Waals surface area contributed by atoms with E-state index in [0.29, 0.717) is 0 Å². The maximum Gasteiger partial charge on any atom is 0.559 e. The number of ether oxygens (including phenoxy) is 2. The molecule has 3 aromatic carbocycles. The second kappa shape index (κ2) is 20.3. The van der Waals surface area contributed by atoms with Gasteiger partial charge >= 0.3 is 6.43 Å². The lowest BCUT2D eigenvalue weighted by molar-refractivity contribution is -0.237. The summed E-state index contributed by atoms with van der Waals surface area (Å²) in [5.41, 5.74) is 4.64. The fraction of sp³-hybridized carbons (Fsp3) is 0.486. The summed E-state index contributed by atoms with van der Waals surface area (Å²) in [6, 6.07) is 23.2. The van der Waals surface area contributed by atoms with Gasteiger partial charge in [0.1, 0.15) is 11.5 Å². The fourth-order valence-electron chi connectivity index (χ4n) is 4.68. The molecule has 2 nitrogen and oxygen atoms in total. The summed E-state index contributed by atoms with van der Waals surface area (Å²) < 4.78 is 50.7. The molecular formula is C35H46F4O2S. The summed E-state index contributed by atoms with van der Waals surface area (Å²) in [6.45, 7) is 6.08. The molecular weight excluding hydrogens is 560 g/mol. The lowest BCUT2D eigenvalue weighted by atomic mass is 9.94. The van der Waals surface area contributed by atoms with Gasteiger partial charge in [-0.15, -0.1) is 30.2 Å².